The maximum Gasteiger partial charge on any atom is 0.258 e. The summed E-state index contributed by atoms with van der Waals surface area (Å²) in [6, 6.07) is 13.5. The molecule has 0 unspecified atom stereocenters. The molecule has 0 saturated carbocycles. The molecule has 0 atom stereocenters. The number of H-pyrrole nitrogens is 1. The average molecular weight is 483 g/mol. The molecule has 1 N–H and O–H groups in total. The molecule has 0 amide bonds. The molecular weight excluding hydrogens is 460 g/mol. The van der Waals surface area contributed by atoms with E-state index in [2.05, 4.69) is 60.8 Å². The summed E-state index contributed by atoms with van der Waals surface area (Å²) >= 11 is 7.57. The Labute approximate surface area is 200 Å². The van der Waals surface area contributed by atoms with E-state index in [9.17, 15) is 4.79 Å². The number of aromatic amines is 1. The Hall–Kier alpha value is -2.88. The molecule has 8 nitrogen and oxygen atoms in total. The number of hydrogen-bond acceptors (Lipinski definition) is 7. The van der Waals surface area contributed by atoms with E-state index in [0.717, 1.165) is 36.3 Å². The zero-order chi connectivity index (χ0) is 22.8. The van der Waals surface area contributed by atoms with E-state index in [0.29, 0.717) is 40.7 Å². The molecular formula is C23H23ClN6O2S. The molecule has 0 bridgehead atoms. The van der Waals surface area contributed by atoms with Crippen molar-refractivity contribution in [2.45, 2.75) is 24.3 Å². The second kappa shape index (κ2) is 9.54. The second-order valence-electron chi connectivity index (χ2n) is 7.70. The summed E-state index contributed by atoms with van der Waals surface area (Å²) < 4.78 is 7.59. The van der Waals surface area contributed by atoms with Gasteiger partial charge in [0.2, 0.25) is 5.95 Å². The van der Waals surface area contributed by atoms with Gasteiger partial charge in [-0.2, -0.15) is 0 Å². The van der Waals surface area contributed by atoms with E-state index in [1.807, 2.05) is 0 Å². The van der Waals surface area contributed by atoms with E-state index in [1.165, 1.54) is 17.3 Å². The summed E-state index contributed by atoms with van der Waals surface area (Å²) in [7, 11) is 0. The molecule has 0 spiro atoms. The van der Waals surface area contributed by atoms with Crippen molar-refractivity contribution < 1.29 is 4.74 Å². The number of rotatable bonds is 6. The number of nitrogens with zero attached hydrogens (tertiary/aromatic N) is 5. The second-order valence-corrected chi connectivity index (χ2v) is 9.08. The Kier molecular flexibility index (Phi) is 6.34. The van der Waals surface area contributed by atoms with E-state index in [-0.39, 0.29) is 5.56 Å². The fraction of sp³-hybridized carbons (Fsp3) is 0.304. The predicted molar refractivity (Wildman–Crippen MR) is 131 cm³/mol. The molecule has 2 aromatic carbocycles. The van der Waals surface area contributed by atoms with Gasteiger partial charge in [0, 0.05) is 18.1 Å². The molecule has 10 heteroatoms. The highest BCUT2D eigenvalue weighted by atomic mass is 35.5. The molecule has 4 aromatic rings. The number of anilines is 1. The molecule has 3 heterocycles. The maximum absolute atomic E-state index is 12.5. The zero-order valence-electron chi connectivity index (χ0n) is 18.1. The summed E-state index contributed by atoms with van der Waals surface area (Å²) in [6.07, 6.45) is 0.941. The Balaban J connectivity index is 1.49. The van der Waals surface area contributed by atoms with Crippen molar-refractivity contribution in [2.75, 3.05) is 31.2 Å². The van der Waals surface area contributed by atoms with Gasteiger partial charge in [0.15, 0.2) is 5.16 Å². The third-order valence-corrected chi connectivity index (χ3v) is 6.72. The first-order valence-electron chi connectivity index (χ1n) is 10.8. The lowest BCUT2D eigenvalue weighted by molar-refractivity contribution is 0.122. The number of morpholine rings is 1. The maximum atomic E-state index is 12.5. The summed E-state index contributed by atoms with van der Waals surface area (Å²) in [5.41, 5.74) is 2.64. The largest absolute Gasteiger partial charge is 0.378 e. The van der Waals surface area contributed by atoms with Gasteiger partial charge in [-0.05, 0) is 42.3 Å². The SMILES string of the molecule is CCc1cccc(-n2c(SCc3nc4cc(Cl)ccc4c(=O)[nH]3)nnc2N2CCOCC2)c1. The summed E-state index contributed by atoms with van der Waals surface area (Å²) in [6.45, 7) is 4.98. The van der Waals surface area contributed by atoms with Gasteiger partial charge in [0.25, 0.3) is 5.56 Å². The number of hydrogen-bond donors (Lipinski definition) is 1. The number of nitrogens with one attached hydrogen (secondary N) is 1. The highest BCUT2D eigenvalue weighted by molar-refractivity contribution is 7.98. The van der Waals surface area contributed by atoms with Crippen LogP contribution < -0.4 is 10.5 Å². The van der Waals surface area contributed by atoms with E-state index in [1.54, 1.807) is 18.2 Å². The van der Waals surface area contributed by atoms with Crippen molar-refractivity contribution in [3.05, 3.63) is 69.2 Å². The fourth-order valence-electron chi connectivity index (χ4n) is 3.83. The van der Waals surface area contributed by atoms with Crippen molar-refractivity contribution in [2.24, 2.45) is 0 Å². The summed E-state index contributed by atoms with van der Waals surface area (Å²) in [5.74, 6) is 1.79. The average Bonchev–Trinajstić information content (AvgIpc) is 3.27. The lowest BCUT2D eigenvalue weighted by atomic mass is 10.1. The van der Waals surface area contributed by atoms with Crippen LogP contribution in [-0.4, -0.2) is 51.0 Å². The first-order valence-corrected chi connectivity index (χ1v) is 12.2. The van der Waals surface area contributed by atoms with Crippen LogP contribution >= 0.6 is 23.4 Å². The van der Waals surface area contributed by atoms with Gasteiger partial charge < -0.3 is 14.6 Å². The van der Waals surface area contributed by atoms with E-state index >= 15 is 0 Å². The van der Waals surface area contributed by atoms with Crippen LogP contribution in [0.3, 0.4) is 0 Å². The first-order chi connectivity index (χ1) is 16.1. The van der Waals surface area contributed by atoms with Crippen LogP contribution in [0.1, 0.15) is 18.3 Å². The normalized spacial score (nSPS) is 14.2. The van der Waals surface area contributed by atoms with Crippen molar-refractivity contribution >= 4 is 40.2 Å². The lowest BCUT2D eigenvalue weighted by Crippen LogP contribution is -2.37. The van der Waals surface area contributed by atoms with Gasteiger partial charge in [-0.15, -0.1) is 10.2 Å². The molecule has 2 aromatic heterocycles. The topological polar surface area (TPSA) is 88.9 Å². The van der Waals surface area contributed by atoms with E-state index in [4.69, 9.17) is 16.3 Å². The molecule has 1 aliphatic heterocycles. The highest BCUT2D eigenvalue weighted by Gasteiger charge is 2.22. The molecule has 170 valence electrons. The Morgan fingerprint density at radius 2 is 2.00 bits per heavy atom. The molecule has 1 aliphatic rings. The number of aryl methyl sites for hydroxylation is 1. The zero-order valence-corrected chi connectivity index (χ0v) is 19.7. The van der Waals surface area contributed by atoms with Crippen molar-refractivity contribution in [3.63, 3.8) is 0 Å². The first kappa shape index (κ1) is 21.9. The minimum atomic E-state index is -0.182. The number of thioether (sulfide) groups is 1. The van der Waals surface area contributed by atoms with Gasteiger partial charge in [0.05, 0.1) is 35.6 Å². The molecule has 0 radical (unpaired) electrons. The van der Waals surface area contributed by atoms with Crippen LogP contribution in [0, 0.1) is 0 Å². The Morgan fingerprint density at radius 1 is 1.15 bits per heavy atom. The highest BCUT2D eigenvalue weighted by Crippen LogP contribution is 2.29. The third kappa shape index (κ3) is 4.62. The van der Waals surface area contributed by atoms with Crippen LogP contribution in [0.4, 0.5) is 5.95 Å². The standard InChI is InChI=1S/C23H23ClN6O2S/c1-2-15-4-3-5-17(12-15)30-22(29-8-10-32-11-9-29)27-28-23(30)33-14-20-25-19-13-16(24)6-7-18(19)21(31)26-20/h3-7,12-13H,2,8-11,14H2,1H3,(H,25,26,31). The van der Waals surface area contributed by atoms with Gasteiger partial charge >= 0.3 is 0 Å². The number of ether oxygens (including phenoxy) is 1. The Bertz CT molecular complexity index is 1350. The van der Waals surface area contributed by atoms with E-state index < -0.39 is 0 Å². The molecule has 1 saturated heterocycles. The van der Waals surface area contributed by atoms with Crippen LogP contribution in [0.2, 0.25) is 5.02 Å². The number of fused-ring (bicyclic) bond motifs is 1. The van der Waals surface area contributed by atoms with Crippen molar-refractivity contribution in [1.82, 2.24) is 24.7 Å². The van der Waals surface area contributed by atoms with Crippen molar-refractivity contribution in [3.8, 4) is 5.69 Å². The van der Waals surface area contributed by atoms with Crippen LogP contribution in [0.25, 0.3) is 16.6 Å². The Morgan fingerprint density at radius 3 is 2.82 bits per heavy atom. The lowest BCUT2D eigenvalue weighted by Gasteiger charge is -2.28. The molecule has 1 fully saturated rings. The van der Waals surface area contributed by atoms with Gasteiger partial charge in [-0.3, -0.25) is 9.36 Å². The van der Waals surface area contributed by atoms with Gasteiger partial charge in [-0.1, -0.05) is 42.4 Å². The molecule has 33 heavy (non-hydrogen) atoms. The van der Waals surface area contributed by atoms with Crippen LogP contribution in [0.15, 0.2) is 52.4 Å². The molecule has 0 aliphatic carbocycles. The van der Waals surface area contributed by atoms with Gasteiger partial charge in [0.1, 0.15) is 5.82 Å². The van der Waals surface area contributed by atoms with Gasteiger partial charge in [-0.25, -0.2) is 4.98 Å². The number of aromatic nitrogens is 5. The predicted octanol–water partition coefficient (Wildman–Crippen LogP) is 3.85. The monoisotopic (exact) mass is 482 g/mol. The fourth-order valence-corrected chi connectivity index (χ4v) is 4.81. The minimum Gasteiger partial charge on any atom is -0.378 e. The number of benzene rings is 2. The van der Waals surface area contributed by atoms with Crippen LogP contribution in [-0.2, 0) is 16.9 Å². The van der Waals surface area contributed by atoms with Crippen molar-refractivity contribution in [1.29, 1.82) is 0 Å². The van der Waals surface area contributed by atoms with Crippen LogP contribution in [0.5, 0.6) is 0 Å². The smallest absolute Gasteiger partial charge is 0.258 e. The molecule has 5 rings (SSSR count). The minimum absolute atomic E-state index is 0.182. The number of halogens is 1. The quantitative estimate of drug-likeness (QED) is 0.417. The summed E-state index contributed by atoms with van der Waals surface area (Å²) in [5, 5.41) is 10.8. The third-order valence-electron chi connectivity index (χ3n) is 5.54. The summed E-state index contributed by atoms with van der Waals surface area (Å²) in [4.78, 5) is 22.1.